The van der Waals surface area contributed by atoms with Gasteiger partial charge in [-0.2, -0.15) is 0 Å². The van der Waals surface area contributed by atoms with Crippen molar-refractivity contribution in [3.63, 3.8) is 0 Å². The maximum absolute atomic E-state index is 11.8. The predicted octanol–water partition coefficient (Wildman–Crippen LogP) is 1.93. The first kappa shape index (κ1) is 16.4. The van der Waals surface area contributed by atoms with Crippen molar-refractivity contribution in [2.24, 2.45) is 0 Å². The highest BCUT2D eigenvalue weighted by Crippen LogP contribution is 2.31. The second-order valence-corrected chi connectivity index (χ2v) is 6.45. The summed E-state index contributed by atoms with van der Waals surface area (Å²) in [4.78, 5) is 28.4. The second-order valence-electron chi connectivity index (χ2n) is 5.51. The van der Waals surface area contributed by atoms with Gasteiger partial charge in [-0.1, -0.05) is 17.8 Å². The second kappa shape index (κ2) is 6.56. The van der Waals surface area contributed by atoms with Crippen molar-refractivity contribution < 1.29 is 14.7 Å². The molecule has 0 fully saturated rings. The zero-order valence-electron chi connectivity index (χ0n) is 13.3. The minimum absolute atomic E-state index is 0.0975. The van der Waals surface area contributed by atoms with E-state index in [0.29, 0.717) is 29.4 Å². The van der Waals surface area contributed by atoms with Crippen LogP contribution in [0.1, 0.15) is 17.7 Å². The summed E-state index contributed by atoms with van der Waals surface area (Å²) in [6.45, 7) is 1.82. The molecule has 0 saturated carbocycles. The molecule has 0 saturated heterocycles. The van der Waals surface area contributed by atoms with Gasteiger partial charge in [0.05, 0.1) is 11.4 Å². The van der Waals surface area contributed by atoms with Gasteiger partial charge >= 0.3 is 5.97 Å². The maximum Gasteiger partial charge on any atom is 0.313 e. The molecule has 1 N–H and O–H groups in total. The Labute approximate surface area is 143 Å². The fraction of sp³-hybridized carbons (Fsp3) is 0.312. The van der Waals surface area contributed by atoms with Crippen molar-refractivity contribution in [2.75, 3.05) is 17.7 Å². The van der Waals surface area contributed by atoms with Crippen LogP contribution in [0.25, 0.3) is 11.3 Å². The molecule has 0 radical (unpaired) electrons. The molecule has 2 aromatic rings. The van der Waals surface area contributed by atoms with Crippen LogP contribution < -0.4 is 4.90 Å². The van der Waals surface area contributed by atoms with Crippen molar-refractivity contribution >= 4 is 29.3 Å². The number of hydrogen-bond donors (Lipinski definition) is 1. The molecule has 1 aliphatic rings. The first-order chi connectivity index (χ1) is 11.5. The Morgan fingerprint density at radius 2 is 2.12 bits per heavy atom. The van der Waals surface area contributed by atoms with Gasteiger partial charge in [0.25, 0.3) is 0 Å². The lowest BCUT2D eigenvalue weighted by molar-refractivity contribution is -0.133. The summed E-state index contributed by atoms with van der Waals surface area (Å²) in [7, 11) is 1.78. The van der Waals surface area contributed by atoms with Crippen LogP contribution in [0, 0.1) is 6.92 Å². The lowest BCUT2D eigenvalue weighted by Gasteiger charge is -2.26. The fourth-order valence-electron chi connectivity index (χ4n) is 2.64. The fourth-order valence-corrected chi connectivity index (χ4v) is 3.19. The number of rotatable bonds is 4. The van der Waals surface area contributed by atoms with Crippen LogP contribution in [0.15, 0.2) is 23.4 Å². The number of fused-ring (bicyclic) bond motifs is 1. The summed E-state index contributed by atoms with van der Waals surface area (Å²) in [6, 6.07) is 5.83. The third-order valence-electron chi connectivity index (χ3n) is 3.86. The molecule has 0 atom stereocenters. The van der Waals surface area contributed by atoms with E-state index < -0.39 is 5.97 Å². The minimum Gasteiger partial charge on any atom is -0.481 e. The summed E-state index contributed by atoms with van der Waals surface area (Å²) in [5.41, 5.74) is 4.27. The number of nitrogens with zero attached hydrogens (tertiary/aromatic N) is 4. The number of thioether (sulfide) groups is 1. The monoisotopic (exact) mass is 344 g/mol. The predicted molar refractivity (Wildman–Crippen MR) is 90.1 cm³/mol. The summed E-state index contributed by atoms with van der Waals surface area (Å²) in [6.07, 6.45) is 1.21. The topological polar surface area (TPSA) is 96.3 Å². The number of aliphatic carboxylic acids is 1. The molecule has 0 spiro atoms. The number of carbonyl (C=O) groups excluding carboxylic acids is 1. The molecule has 0 unspecified atom stereocenters. The van der Waals surface area contributed by atoms with E-state index in [0.717, 1.165) is 28.6 Å². The van der Waals surface area contributed by atoms with Crippen LogP contribution in [0.2, 0.25) is 0 Å². The molecule has 0 aliphatic carbocycles. The van der Waals surface area contributed by atoms with E-state index in [1.807, 2.05) is 25.1 Å². The average Bonchev–Trinajstić information content (AvgIpc) is 2.56. The lowest BCUT2D eigenvalue weighted by atomic mass is 9.97. The molecule has 2 heterocycles. The van der Waals surface area contributed by atoms with E-state index in [9.17, 15) is 9.59 Å². The SMILES string of the molecule is Cc1nc(SCC(=O)O)nnc1-c1ccc2c(c1)CCC(=O)N2C. The van der Waals surface area contributed by atoms with Gasteiger partial charge in [0.1, 0.15) is 5.69 Å². The number of aromatic nitrogens is 3. The standard InChI is InChI=1S/C16H16N4O3S/c1-9-15(18-19-16(17-9)24-8-14(22)23)11-3-5-12-10(7-11)4-6-13(21)20(12)2/h3,5,7H,4,6,8H2,1-2H3,(H,22,23). The number of anilines is 1. The van der Waals surface area contributed by atoms with Gasteiger partial charge in [-0.3, -0.25) is 9.59 Å². The summed E-state index contributed by atoms with van der Waals surface area (Å²) < 4.78 is 0. The van der Waals surface area contributed by atoms with Crippen LogP contribution in [-0.4, -0.2) is 45.0 Å². The lowest BCUT2D eigenvalue weighted by Crippen LogP contribution is -2.31. The highest BCUT2D eigenvalue weighted by molar-refractivity contribution is 7.99. The Morgan fingerprint density at radius 1 is 1.33 bits per heavy atom. The minimum atomic E-state index is -0.918. The Kier molecular flexibility index (Phi) is 4.48. The Morgan fingerprint density at radius 3 is 2.83 bits per heavy atom. The van der Waals surface area contributed by atoms with Gasteiger partial charge in [-0.25, -0.2) is 4.98 Å². The van der Waals surface area contributed by atoms with Crippen molar-refractivity contribution in [1.29, 1.82) is 0 Å². The van der Waals surface area contributed by atoms with Gasteiger partial charge in [0.15, 0.2) is 0 Å². The van der Waals surface area contributed by atoms with E-state index in [1.54, 1.807) is 11.9 Å². The van der Waals surface area contributed by atoms with Crippen molar-refractivity contribution in [2.45, 2.75) is 24.9 Å². The maximum atomic E-state index is 11.8. The zero-order valence-corrected chi connectivity index (χ0v) is 14.1. The Balaban J connectivity index is 1.89. The van der Waals surface area contributed by atoms with Crippen molar-refractivity contribution in [3.8, 4) is 11.3 Å². The van der Waals surface area contributed by atoms with E-state index in [1.165, 1.54) is 0 Å². The quantitative estimate of drug-likeness (QED) is 0.847. The molecule has 8 heteroatoms. The third kappa shape index (κ3) is 3.23. The number of carboxylic acids is 1. The molecular formula is C16H16N4O3S. The zero-order chi connectivity index (χ0) is 17.3. The Bertz CT molecular complexity index is 825. The normalized spacial score (nSPS) is 13.8. The molecule has 7 nitrogen and oxygen atoms in total. The van der Waals surface area contributed by atoms with E-state index in [-0.39, 0.29) is 11.7 Å². The molecular weight excluding hydrogens is 328 g/mol. The van der Waals surface area contributed by atoms with Crippen LogP contribution in [-0.2, 0) is 16.0 Å². The largest absolute Gasteiger partial charge is 0.481 e. The van der Waals surface area contributed by atoms with Gasteiger partial charge < -0.3 is 10.0 Å². The molecule has 1 aromatic heterocycles. The van der Waals surface area contributed by atoms with Gasteiger partial charge in [0.2, 0.25) is 11.1 Å². The summed E-state index contributed by atoms with van der Waals surface area (Å²) in [5.74, 6) is -0.897. The highest BCUT2D eigenvalue weighted by Gasteiger charge is 2.21. The van der Waals surface area contributed by atoms with Gasteiger partial charge in [-0.15, -0.1) is 10.2 Å². The van der Waals surface area contributed by atoms with Gasteiger partial charge in [-0.05, 0) is 31.0 Å². The number of hydrogen-bond acceptors (Lipinski definition) is 6. The molecule has 1 amide bonds. The van der Waals surface area contributed by atoms with Gasteiger partial charge in [0, 0.05) is 24.7 Å². The van der Waals surface area contributed by atoms with Crippen molar-refractivity contribution in [3.05, 3.63) is 29.5 Å². The van der Waals surface area contributed by atoms with Crippen molar-refractivity contribution in [1.82, 2.24) is 15.2 Å². The molecule has 124 valence electrons. The first-order valence-electron chi connectivity index (χ1n) is 7.41. The van der Waals surface area contributed by atoms with Crippen LogP contribution in [0.3, 0.4) is 0 Å². The number of carbonyl (C=O) groups is 2. The number of carboxylic acid groups (broad SMARTS) is 1. The average molecular weight is 344 g/mol. The highest BCUT2D eigenvalue weighted by atomic mass is 32.2. The molecule has 0 bridgehead atoms. The molecule has 1 aliphatic heterocycles. The number of benzene rings is 1. The third-order valence-corrected chi connectivity index (χ3v) is 4.69. The van der Waals surface area contributed by atoms with E-state index in [4.69, 9.17) is 5.11 Å². The number of amides is 1. The van der Waals surface area contributed by atoms with E-state index in [2.05, 4.69) is 15.2 Å². The Hall–Kier alpha value is -2.48. The molecule has 24 heavy (non-hydrogen) atoms. The summed E-state index contributed by atoms with van der Waals surface area (Å²) in [5, 5.41) is 17.3. The number of aryl methyl sites for hydroxylation is 2. The molecule has 3 rings (SSSR count). The van der Waals surface area contributed by atoms with Crippen LogP contribution in [0.4, 0.5) is 5.69 Å². The van der Waals surface area contributed by atoms with E-state index >= 15 is 0 Å². The van der Waals surface area contributed by atoms with Crippen LogP contribution >= 0.6 is 11.8 Å². The molecule has 1 aromatic carbocycles. The summed E-state index contributed by atoms with van der Waals surface area (Å²) >= 11 is 1.04. The smallest absolute Gasteiger partial charge is 0.313 e. The first-order valence-corrected chi connectivity index (χ1v) is 8.40. The van der Waals surface area contributed by atoms with Crippen LogP contribution in [0.5, 0.6) is 0 Å².